The van der Waals surface area contributed by atoms with Crippen molar-refractivity contribution in [3.05, 3.63) is 51.5 Å². The van der Waals surface area contributed by atoms with Gasteiger partial charge in [0.15, 0.2) is 11.5 Å². The van der Waals surface area contributed by atoms with Crippen LogP contribution in [0.5, 0.6) is 17.2 Å². The molecule has 0 amide bonds. The van der Waals surface area contributed by atoms with Gasteiger partial charge in [-0.2, -0.15) is 0 Å². The lowest BCUT2D eigenvalue weighted by atomic mass is 9.79. The summed E-state index contributed by atoms with van der Waals surface area (Å²) in [7, 11) is 0. The van der Waals surface area contributed by atoms with Crippen LogP contribution in [0.2, 0.25) is 5.02 Å². The van der Waals surface area contributed by atoms with Gasteiger partial charge in [-0.15, -0.1) is 0 Å². The summed E-state index contributed by atoms with van der Waals surface area (Å²) < 4.78 is 6.45. The number of hydrogen-bond acceptors (Lipinski definition) is 2. The summed E-state index contributed by atoms with van der Waals surface area (Å²) in [5, 5.41) is 11.7. The zero-order valence-corrected chi connectivity index (χ0v) is 22.3. The molecule has 0 aromatic heterocycles. The normalized spacial score (nSPS) is 13.5. The molecule has 172 valence electrons. The molecule has 2 rings (SSSR count). The minimum absolute atomic E-state index is 0.0319. The quantitative estimate of drug-likeness (QED) is 0.500. The first kappa shape index (κ1) is 25.6. The van der Waals surface area contributed by atoms with Crippen molar-refractivity contribution in [2.24, 2.45) is 0 Å². The van der Waals surface area contributed by atoms with Gasteiger partial charge in [-0.3, -0.25) is 0 Å². The second-order valence-electron chi connectivity index (χ2n) is 12.8. The molecule has 0 radical (unpaired) electrons. The molecule has 0 unspecified atom stereocenters. The zero-order valence-electron chi connectivity index (χ0n) is 21.5. The number of phenols is 1. The molecule has 0 bridgehead atoms. The van der Waals surface area contributed by atoms with Gasteiger partial charge < -0.3 is 9.84 Å². The Morgan fingerprint density at radius 2 is 1.03 bits per heavy atom. The fraction of sp³-hybridized carbons (Fsp3) is 0.571. The highest BCUT2D eigenvalue weighted by Crippen LogP contribution is 2.47. The maximum atomic E-state index is 11.2. The van der Waals surface area contributed by atoms with E-state index in [0.29, 0.717) is 16.5 Å². The molecule has 2 nitrogen and oxygen atoms in total. The summed E-state index contributed by atoms with van der Waals surface area (Å²) in [6.07, 6.45) is 0. The molecule has 0 atom stereocenters. The second-order valence-corrected chi connectivity index (χ2v) is 13.2. The summed E-state index contributed by atoms with van der Waals surface area (Å²) in [4.78, 5) is 0. The van der Waals surface area contributed by atoms with Crippen molar-refractivity contribution in [2.75, 3.05) is 0 Å². The van der Waals surface area contributed by atoms with Gasteiger partial charge in [0.05, 0.1) is 5.02 Å². The van der Waals surface area contributed by atoms with Crippen LogP contribution >= 0.6 is 11.6 Å². The van der Waals surface area contributed by atoms with E-state index in [1.54, 1.807) is 0 Å². The van der Waals surface area contributed by atoms with Gasteiger partial charge in [0, 0.05) is 11.1 Å². The molecule has 1 N–H and O–H groups in total. The smallest absolute Gasteiger partial charge is 0.169 e. The summed E-state index contributed by atoms with van der Waals surface area (Å²) in [6, 6.07) is 8.22. The van der Waals surface area contributed by atoms with Crippen LogP contribution in [0.4, 0.5) is 0 Å². The zero-order chi connectivity index (χ0) is 24.2. The first-order chi connectivity index (χ1) is 13.7. The number of phenolic OH excluding ortho intramolecular Hbond substituents is 1. The van der Waals surface area contributed by atoms with Gasteiger partial charge in [0.2, 0.25) is 0 Å². The Bertz CT molecular complexity index is 959. The average molecular weight is 445 g/mol. The van der Waals surface area contributed by atoms with E-state index < -0.39 is 0 Å². The molecule has 0 aliphatic rings. The lowest BCUT2D eigenvalue weighted by Gasteiger charge is -2.30. The Morgan fingerprint density at radius 3 is 1.45 bits per heavy atom. The molecule has 3 heteroatoms. The van der Waals surface area contributed by atoms with Crippen LogP contribution in [0.15, 0.2) is 24.3 Å². The molecule has 0 aliphatic heterocycles. The van der Waals surface area contributed by atoms with E-state index in [1.165, 1.54) is 0 Å². The van der Waals surface area contributed by atoms with Crippen LogP contribution in [0.25, 0.3) is 0 Å². The molecular formula is C28H41ClO2. The summed E-state index contributed by atoms with van der Waals surface area (Å²) in [5.74, 6) is 1.24. The van der Waals surface area contributed by atoms with Crippen molar-refractivity contribution in [2.45, 2.75) is 105 Å². The molecule has 0 heterocycles. The highest BCUT2D eigenvalue weighted by atomic mass is 35.5. The highest BCUT2D eigenvalue weighted by molar-refractivity contribution is 6.32. The molecule has 0 aliphatic carbocycles. The van der Waals surface area contributed by atoms with Crippen molar-refractivity contribution in [1.29, 1.82) is 0 Å². The van der Waals surface area contributed by atoms with E-state index in [1.807, 2.05) is 12.1 Å². The van der Waals surface area contributed by atoms with E-state index in [-0.39, 0.29) is 27.4 Å². The third-order valence-corrected chi connectivity index (χ3v) is 5.96. The number of benzene rings is 2. The van der Waals surface area contributed by atoms with Crippen molar-refractivity contribution < 1.29 is 9.84 Å². The average Bonchev–Trinajstić information content (AvgIpc) is 2.53. The van der Waals surface area contributed by atoms with Crippen LogP contribution in [-0.2, 0) is 21.7 Å². The highest BCUT2D eigenvalue weighted by Gasteiger charge is 2.29. The van der Waals surface area contributed by atoms with E-state index in [9.17, 15) is 5.11 Å². The Labute approximate surface area is 195 Å². The van der Waals surface area contributed by atoms with E-state index in [0.717, 1.165) is 22.3 Å². The lowest BCUT2D eigenvalue weighted by Crippen LogP contribution is -2.18. The van der Waals surface area contributed by atoms with Crippen molar-refractivity contribution >= 4 is 11.6 Å². The second kappa shape index (κ2) is 8.03. The molecule has 0 saturated carbocycles. The van der Waals surface area contributed by atoms with Gasteiger partial charge in [0.1, 0.15) is 5.75 Å². The van der Waals surface area contributed by atoms with Crippen LogP contribution in [0.3, 0.4) is 0 Å². The Balaban J connectivity index is 2.79. The van der Waals surface area contributed by atoms with E-state index in [2.05, 4.69) is 95.2 Å². The van der Waals surface area contributed by atoms with Crippen LogP contribution in [-0.4, -0.2) is 5.11 Å². The maximum Gasteiger partial charge on any atom is 0.169 e. The topological polar surface area (TPSA) is 29.5 Å². The first-order valence-electron chi connectivity index (χ1n) is 11.1. The van der Waals surface area contributed by atoms with Gasteiger partial charge in [-0.25, -0.2) is 0 Å². The fourth-order valence-electron chi connectivity index (χ4n) is 3.49. The number of hydrogen-bond donors (Lipinski definition) is 1. The van der Waals surface area contributed by atoms with Crippen LogP contribution < -0.4 is 4.74 Å². The SMILES string of the molecule is CC(C)(C)c1cc(Oc2c(Cl)cc(C(C)(C)C)cc2C(C)(C)C)c(O)c(C(C)(C)C)c1. The third kappa shape index (κ3) is 5.77. The van der Waals surface area contributed by atoms with Crippen LogP contribution in [0.1, 0.15) is 105 Å². The van der Waals surface area contributed by atoms with Crippen molar-refractivity contribution in [3.63, 3.8) is 0 Å². The Kier molecular flexibility index (Phi) is 6.63. The number of ether oxygens (including phenoxy) is 1. The Morgan fingerprint density at radius 1 is 0.613 bits per heavy atom. The molecule has 0 spiro atoms. The molecule has 2 aromatic carbocycles. The largest absolute Gasteiger partial charge is 0.504 e. The van der Waals surface area contributed by atoms with Crippen LogP contribution in [0, 0.1) is 0 Å². The van der Waals surface area contributed by atoms with Gasteiger partial charge >= 0.3 is 0 Å². The predicted molar refractivity (Wildman–Crippen MR) is 134 cm³/mol. The molecule has 0 saturated heterocycles. The van der Waals surface area contributed by atoms with E-state index in [4.69, 9.17) is 16.3 Å². The van der Waals surface area contributed by atoms with E-state index >= 15 is 0 Å². The molecule has 2 aromatic rings. The number of aromatic hydroxyl groups is 1. The first-order valence-corrected chi connectivity index (χ1v) is 11.5. The third-order valence-electron chi connectivity index (χ3n) is 5.68. The predicted octanol–water partition coefficient (Wildman–Crippen LogP) is 9.03. The van der Waals surface area contributed by atoms with Gasteiger partial charge in [-0.1, -0.05) is 107 Å². The monoisotopic (exact) mass is 444 g/mol. The van der Waals surface area contributed by atoms with Crippen molar-refractivity contribution in [3.8, 4) is 17.2 Å². The number of halogens is 1. The Hall–Kier alpha value is -1.67. The molecule has 0 fully saturated rings. The lowest BCUT2D eigenvalue weighted by molar-refractivity contribution is 0.386. The summed E-state index contributed by atoms with van der Waals surface area (Å²) in [5.41, 5.74) is 3.66. The van der Waals surface area contributed by atoms with Gasteiger partial charge in [0.25, 0.3) is 0 Å². The number of rotatable bonds is 2. The maximum absolute atomic E-state index is 11.2. The van der Waals surface area contributed by atoms with Crippen molar-refractivity contribution in [1.82, 2.24) is 0 Å². The van der Waals surface area contributed by atoms with Gasteiger partial charge in [-0.05, 0) is 44.9 Å². The molecule has 31 heavy (non-hydrogen) atoms. The minimum atomic E-state index is -0.226. The summed E-state index contributed by atoms with van der Waals surface area (Å²) >= 11 is 6.80. The molecular weight excluding hydrogens is 404 g/mol. The fourth-order valence-corrected chi connectivity index (χ4v) is 3.75. The standard InChI is InChI=1S/C28H41ClO2/c1-25(2,3)17-14-20(28(10,11)12)24(21(29)15-17)31-22-16-18(26(4,5)6)13-19(23(22)30)27(7,8)9/h13-16,30H,1-12H3. The summed E-state index contributed by atoms with van der Waals surface area (Å²) in [6.45, 7) is 25.8. The minimum Gasteiger partial charge on any atom is -0.504 e.